The number of benzene rings is 4. The number of nitrogens with one attached hydrogen (secondary N) is 3. The van der Waals surface area contributed by atoms with E-state index in [2.05, 4.69) is 5.32 Å². The Hall–Kier alpha value is -4.98. The van der Waals surface area contributed by atoms with Crippen molar-refractivity contribution in [2.45, 2.75) is 11.4 Å². The normalized spacial score (nSPS) is 10.9. The first kappa shape index (κ1) is 29.0. The van der Waals surface area contributed by atoms with E-state index in [0.29, 0.717) is 16.3 Å². The predicted octanol–water partition coefficient (Wildman–Crippen LogP) is 4.89. The smallest absolute Gasteiger partial charge is 0.293 e. The van der Waals surface area contributed by atoms with Crippen LogP contribution in [0.1, 0.15) is 26.3 Å². The van der Waals surface area contributed by atoms with Crippen LogP contribution in [0.15, 0.2) is 95.9 Å². The number of hydroxylamine groups is 1. The van der Waals surface area contributed by atoms with Crippen LogP contribution in [0.5, 0.6) is 11.5 Å². The number of nitro benzene ring substituents is 1. The molecule has 14 heteroatoms. The lowest BCUT2D eigenvalue weighted by Gasteiger charge is -2.13. The van der Waals surface area contributed by atoms with Gasteiger partial charge >= 0.3 is 0 Å². The zero-order chi connectivity index (χ0) is 29.6. The quantitative estimate of drug-likeness (QED) is 0.113. The minimum Gasteiger partial charge on any atom is -0.457 e. The summed E-state index contributed by atoms with van der Waals surface area (Å²) in [4.78, 5) is 34.9. The number of carbonyl (C=O) groups is 2. The fourth-order valence-corrected chi connectivity index (χ4v) is 4.74. The van der Waals surface area contributed by atoms with Crippen molar-refractivity contribution in [2.24, 2.45) is 0 Å². The Labute approximate surface area is 238 Å². The molecule has 41 heavy (non-hydrogen) atoms. The summed E-state index contributed by atoms with van der Waals surface area (Å²) in [5.74, 6) is -1.25. The van der Waals surface area contributed by atoms with Gasteiger partial charge in [0.2, 0.25) is 0 Å². The summed E-state index contributed by atoms with van der Waals surface area (Å²) < 4.78 is 33.7. The van der Waals surface area contributed by atoms with E-state index in [4.69, 9.17) is 21.5 Å². The number of ether oxygens (including phenoxy) is 1. The molecule has 4 N–H and O–H groups in total. The largest absolute Gasteiger partial charge is 0.457 e. The molecule has 0 fully saturated rings. The predicted molar refractivity (Wildman–Crippen MR) is 149 cm³/mol. The molecule has 0 aliphatic rings. The van der Waals surface area contributed by atoms with Gasteiger partial charge in [-0.15, -0.1) is 0 Å². The zero-order valence-corrected chi connectivity index (χ0v) is 22.5. The third kappa shape index (κ3) is 7.16. The third-order valence-corrected chi connectivity index (χ3v) is 7.26. The van der Waals surface area contributed by atoms with E-state index in [9.17, 15) is 28.1 Å². The van der Waals surface area contributed by atoms with Crippen LogP contribution in [0.2, 0.25) is 5.02 Å². The Morgan fingerprint density at radius 3 is 2.27 bits per heavy atom. The summed E-state index contributed by atoms with van der Waals surface area (Å²) in [7, 11) is -4.52. The third-order valence-electron chi connectivity index (χ3n) is 5.68. The van der Waals surface area contributed by atoms with Crippen LogP contribution in [-0.2, 0) is 16.6 Å². The molecule has 0 unspecified atom stereocenters. The SMILES string of the molecule is O=C(NO)c1ccc(CNc2ccc(S(=O)(=O)NC(=O)c3ccccc3Oc3ccc(Cl)cc3)cc2[N+](=O)[O-])cc1. The Morgan fingerprint density at radius 1 is 0.927 bits per heavy atom. The van der Waals surface area contributed by atoms with Gasteiger partial charge in [0.05, 0.1) is 15.4 Å². The van der Waals surface area contributed by atoms with Crippen molar-refractivity contribution in [3.8, 4) is 11.5 Å². The first-order chi connectivity index (χ1) is 19.6. The van der Waals surface area contributed by atoms with Gasteiger partial charge in [-0.3, -0.25) is 24.9 Å². The van der Waals surface area contributed by atoms with Gasteiger partial charge in [0.1, 0.15) is 17.2 Å². The molecule has 0 aliphatic heterocycles. The van der Waals surface area contributed by atoms with Crippen molar-refractivity contribution < 1.29 is 32.9 Å². The van der Waals surface area contributed by atoms with Crippen LogP contribution in [0.25, 0.3) is 0 Å². The van der Waals surface area contributed by atoms with Crippen LogP contribution >= 0.6 is 11.6 Å². The molecular weight excluding hydrogens is 576 g/mol. The standard InChI is InChI=1S/C27H21ClN4O8S/c28-19-9-11-20(12-10-19)40-25-4-2-1-3-22(25)27(34)31-41(38,39)21-13-14-23(24(15-21)32(36)37)29-16-17-5-7-18(8-6-17)26(33)30-35/h1-15,29,35H,16H2,(H,30,33)(H,31,34). The Bertz CT molecular complexity index is 1710. The van der Waals surface area contributed by atoms with Gasteiger partial charge in [0, 0.05) is 23.2 Å². The Balaban J connectivity index is 1.51. The maximum absolute atomic E-state index is 13.0. The van der Waals surface area contributed by atoms with Gasteiger partial charge in [0.15, 0.2) is 0 Å². The van der Waals surface area contributed by atoms with Crippen molar-refractivity contribution in [2.75, 3.05) is 5.32 Å². The lowest BCUT2D eigenvalue weighted by Crippen LogP contribution is -2.30. The van der Waals surface area contributed by atoms with Gasteiger partial charge in [0.25, 0.3) is 27.5 Å². The molecule has 2 amide bonds. The first-order valence-corrected chi connectivity index (χ1v) is 13.6. The summed E-state index contributed by atoms with van der Waals surface area (Å²) in [6.07, 6.45) is 0. The second-order valence-electron chi connectivity index (χ2n) is 8.41. The molecule has 4 aromatic rings. The molecule has 0 saturated carbocycles. The van der Waals surface area contributed by atoms with Crippen molar-refractivity contribution in [3.05, 3.63) is 123 Å². The number of nitrogens with zero attached hydrogens (tertiary/aromatic N) is 1. The summed E-state index contributed by atoms with van der Waals surface area (Å²) in [5.41, 5.74) is 1.78. The fourth-order valence-electron chi connectivity index (χ4n) is 3.62. The minimum absolute atomic E-state index is 0.0270. The van der Waals surface area contributed by atoms with Gasteiger partial charge in [-0.2, -0.15) is 0 Å². The van der Waals surface area contributed by atoms with Crippen LogP contribution in [0.4, 0.5) is 11.4 Å². The second-order valence-corrected chi connectivity index (χ2v) is 10.5. The van der Waals surface area contributed by atoms with Crippen LogP contribution in [0.3, 0.4) is 0 Å². The monoisotopic (exact) mass is 596 g/mol. The molecule has 12 nitrogen and oxygen atoms in total. The van der Waals surface area contributed by atoms with Crippen LogP contribution < -0.4 is 20.3 Å². The molecule has 210 valence electrons. The molecule has 0 bridgehead atoms. The van der Waals surface area contributed by atoms with E-state index < -0.39 is 37.3 Å². The highest BCUT2D eigenvalue weighted by atomic mass is 35.5. The summed E-state index contributed by atoms with van der Waals surface area (Å²) in [5, 5.41) is 23.8. The van der Waals surface area contributed by atoms with E-state index in [-0.39, 0.29) is 29.1 Å². The number of amides is 2. The van der Waals surface area contributed by atoms with Gasteiger partial charge in [-0.25, -0.2) is 18.6 Å². The van der Waals surface area contributed by atoms with Gasteiger partial charge < -0.3 is 10.1 Å². The maximum atomic E-state index is 13.0. The summed E-state index contributed by atoms with van der Waals surface area (Å²) >= 11 is 5.88. The number of halogens is 1. The number of hydrogen-bond acceptors (Lipinski definition) is 9. The van der Waals surface area contributed by atoms with Crippen LogP contribution in [-0.4, -0.2) is 30.4 Å². The molecule has 0 saturated heterocycles. The van der Waals surface area contributed by atoms with E-state index in [1.54, 1.807) is 42.5 Å². The Morgan fingerprint density at radius 2 is 1.61 bits per heavy atom. The molecule has 0 atom stereocenters. The Kier molecular flexibility index (Phi) is 8.82. The zero-order valence-electron chi connectivity index (χ0n) is 20.9. The van der Waals surface area contributed by atoms with Crippen molar-refractivity contribution in [1.82, 2.24) is 10.2 Å². The number of hydrogen-bond donors (Lipinski definition) is 4. The lowest BCUT2D eigenvalue weighted by atomic mass is 10.1. The van der Waals surface area contributed by atoms with E-state index >= 15 is 0 Å². The van der Waals surface area contributed by atoms with Gasteiger partial charge in [-0.05, 0) is 66.2 Å². The van der Waals surface area contributed by atoms with Crippen molar-refractivity contribution in [1.29, 1.82) is 0 Å². The number of rotatable bonds is 10. The highest BCUT2D eigenvalue weighted by Crippen LogP contribution is 2.29. The fraction of sp³-hybridized carbons (Fsp3) is 0.0370. The average molecular weight is 597 g/mol. The molecule has 4 rings (SSSR count). The van der Waals surface area contributed by atoms with E-state index in [0.717, 1.165) is 12.1 Å². The molecule has 0 radical (unpaired) electrons. The second kappa shape index (κ2) is 12.5. The van der Waals surface area contributed by atoms with E-state index in [1.807, 2.05) is 4.72 Å². The highest BCUT2D eigenvalue weighted by molar-refractivity contribution is 7.90. The summed E-state index contributed by atoms with van der Waals surface area (Å²) in [6, 6.07) is 21.5. The average Bonchev–Trinajstić information content (AvgIpc) is 2.97. The molecule has 0 aromatic heterocycles. The number of carbonyl (C=O) groups excluding carboxylic acids is 2. The van der Waals surface area contributed by atoms with Crippen LogP contribution in [0, 0.1) is 10.1 Å². The molecular formula is C27H21ClN4O8S. The van der Waals surface area contributed by atoms with Gasteiger partial charge in [-0.1, -0.05) is 35.9 Å². The number of para-hydroxylation sites is 1. The first-order valence-electron chi connectivity index (χ1n) is 11.7. The summed E-state index contributed by atoms with van der Waals surface area (Å²) in [6.45, 7) is 0.106. The van der Waals surface area contributed by atoms with Crippen molar-refractivity contribution >= 4 is 44.8 Å². The van der Waals surface area contributed by atoms with E-state index in [1.165, 1.54) is 41.9 Å². The lowest BCUT2D eigenvalue weighted by molar-refractivity contribution is -0.384. The molecule has 0 aliphatic carbocycles. The maximum Gasteiger partial charge on any atom is 0.293 e. The molecule has 0 spiro atoms. The number of anilines is 1. The highest BCUT2D eigenvalue weighted by Gasteiger charge is 2.25. The topological polar surface area (TPSA) is 177 Å². The molecule has 4 aromatic carbocycles. The molecule has 0 heterocycles. The van der Waals surface area contributed by atoms with Crippen molar-refractivity contribution in [3.63, 3.8) is 0 Å². The number of nitro groups is 1. The minimum atomic E-state index is -4.52. The number of sulfonamides is 1.